The summed E-state index contributed by atoms with van der Waals surface area (Å²) in [6, 6.07) is 14.1. The van der Waals surface area contributed by atoms with Crippen LogP contribution in [0.2, 0.25) is 0 Å². The van der Waals surface area contributed by atoms with E-state index in [0.717, 1.165) is 23.4 Å². The minimum atomic E-state index is -4.37. The summed E-state index contributed by atoms with van der Waals surface area (Å²) in [5.74, 6) is 0.794. The SMILES string of the molecule is COc1cc(C(C)c2cccc3nc(Nc4ccc(C(F)(F)F)cc4)nn23)ccn1. The molecule has 1 aromatic carbocycles. The van der Waals surface area contributed by atoms with E-state index in [1.165, 1.54) is 12.1 Å². The van der Waals surface area contributed by atoms with E-state index < -0.39 is 11.7 Å². The maximum absolute atomic E-state index is 12.7. The number of aromatic nitrogens is 4. The van der Waals surface area contributed by atoms with Gasteiger partial charge in [-0.25, -0.2) is 9.50 Å². The molecule has 0 radical (unpaired) electrons. The second-order valence-electron chi connectivity index (χ2n) is 6.71. The predicted molar refractivity (Wildman–Crippen MR) is 106 cm³/mol. The van der Waals surface area contributed by atoms with E-state index >= 15 is 0 Å². The Kier molecular flexibility index (Phi) is 5.03. The van der Waals surface area contributed by atoms with Crippen LogP contribution in [-0.2, 0) is 6.18 Å². The molecule has 0 bridgehead atoms. The first-order valence-electron chi connectivity index (χ1n) is 9.15. The minimum absolute atomic E-state index is 0.0220. The molecule has 1 N–H and O–H groups in total. The number of ether oxygens (including phenoxy) is 1. The number of hydrogen-bond acceptors (Lipinski definition) is 5. The lowest BCUT2D eigenvalue weighted by molar-refractivity contribution is -0.137. The van der Waals surface area contributed by atoms with E-state index in [1.807, 2.05) is 37.3 Å². The van der Waals surface area contributed by atoms with Crippen LogP contribution in [0.4, 0.5) is 24.8 Å². The van der Waals surface area contributed by atoms with Gasteiger partial charge >= 0.3 is 6.18 Å². The highest BCUT2D eigenvalue weighted by atomic mass is 19.4. The van der Waals surface area contributed by atoms with Gasteiger partial charge in [-0.1, -0.05) is 13.0 Å². The molecular weight excluding hydrogens is 395 g/mol. The van der Waals surface area contributed by atoms with E-state index in [0.29, 0.717) is 23.2 Å². The number of fused-ring (bicyclic) bond motifs is 1. The average Bonchev–Trinajstić information content (AvgIpc) is 3.15. The standard InChI is InChI=1S/C21H18F3N5O/c1-13(14-10-11-25-19(12-14)30-2)17-4-3-5-18-27-20(28-29(17)18)26-16-8-6-15(7-9-16)21(22,23)24/h3-13H,1-2H3,(H,26,28). The number of alkyl halides is 3. The number of halogens is 3. The quantitative estimate of drug-likeness (QED) is 0.496. The van der Waals surface area contributed by atoms with Crippen molar-refractivity contribution in [1.82, 2.24) is 19.6 Å². The maximum Gasteiger partial charge on any atom is 0.416 e. The molecule has 4 aromatic rings. The Morgan fingerprint density at radius 1 is 1.07 bits per heavy atom. The zero-order chi connectivity index (χ0) is 21.3. The van der Waals surface area contributed by atoms with Crippen LogP contribution < -0.4 is 10.1 Å². The molecule has 1 atom stereocenters. The number of nitrogens with one attached hydrogen (secondary N) is 1. The molecule has 0 spiro atoms. The number of anilines is 2. The maximum atomic E-state index is 12.7. The summed E-state index contributed by atoms with van der Waals surface area (Å²) in [5.41, 5.74) is 2.28. The molecule has 0 saturated carbocycles. The van der Waals surface area contributed by atoms with Gasteiger partial charge in [0.2, 0.25) is 11.8 Å². The van der Waals surface area contributed by atoms with Crippen molar-refractivity contribution in [1.29, 1.82) is 0 Å². The molecule has 4 rings (SSSR count). The lowest BCUT2D eigenvalue weighted by Crippen LogP contribution is -2.05. The third-order valence-corrected chi connectivity index (χ3v) is 4.77. The van der Waals surface area contributed by atoms with Crippen molar-refractivity contribution in [3.63, 3.8) is 0 Å². The normalized spacial score (nSPS) is 12.7. The third kappa shape index (κ3) is 3.91. The van der Waals surface area contributed by atoms with Crippen LogP contribution in [0.5, 0.6) is 5.88 Å². The first-order chi connectivity index (χ1) is 14.3. The molecule has 0 aliphatic rings. The number of methoxy groups -OCH3 is 1. The highest BCUT2D eigenvalue weighted by Gasteiger charge is 2.30. The van der Waals surface area contributed by atoms with Crippen molar-refractivity contribution in [3.05, 3.63) is 77.6 Å². The second-order valence-corrected chi connectivity index (χ2v) is 6.71. The van der Waals surface area contributed by atoms with Crippen LogP contribution in [0.1, 0.15) is 29.7 Å². The smallest absolute Gasteiger partial charge is 0.416 e. The molecule has 0 saturated heterocycles. The highest BCUT2D eigenvalue weighted by Crippen LogP contribution is 2.30. The average molecular weight is 413 g/mol. The van der Waals surface area contributed by atoms with Crippen LogP contribution in [0, 0.1) is 0 Å². The molecule has 0 aliphatic carbocycles. The topological polar surface area (TPSA) is 64.3 Å². The summed E-state index contributed by atoms with van der Waals surface area (Å²) in [6.07, 6.45) is -2.69. The van der Waals surface area contributed by atoms with E-state index in [9.17, 15) is 13.2 Å². The van der Waals surface area contributed by atoms with Crippen molar-refractivity contribution >= 4 is 17.3 Å². The van der Waals surface area contributed by atoms with E-state index in [4.69, 9.17) is 4.74 Å². The predicted octanol–water partition coefficient (Wildman–Crippen LogP) is 5.05. The van der Waals surface area contributed by atoms with Gasteiger partial charge in [-0.15, -0.1) is 5.10 Å². The van der Waals surface area contributed by atoms with Crippen molar-refractivity contribution < 1.29 is 17.9 Å². The van der Waals surface area contributed by atoms with Gasteiger partial charge in [-0.2, -0.15) is 18.2 Å². The lowest BCUT2D eigenvalue weighted by atomic mass is 9.98. The van der Waals surface area contributed by atoms with Crippen molar-refractivity contribution in [3.8, 4) is 5.88 Å². The first kappa shape index (κ1) is 19.7. The number of hydrogen-bond donors (Lipinski definition) is 1. The molecule has 3 aromatic heterocycles. The molecule has 6 nitrogen and oxygen atoms in total. The molecule has 3 heterocycles. The zero-order valence-electron chi connectivity index (χ0n) is 16.2. The van der Waals surface area contributed by atoms with Gasteiger partial charge < -0.3 is 10.1 Å². The van der Waals surface area contributed by atoms with Crippen molar-refractivity contribution in [2.75, 3.05) is 12.4 Å². The van der Waals surface area contributed by atoms with Gasteiger partial charge in [-0.3, -0.25) is 0 Å². The largest absolute Gasteiger partial charge is 0.481 e. The molecule has 0 aliphatic heterocycles. The van der Waals surface area contributed by atoms with Gasteiger partial charge in [0.25, 0.3) is 0 Å². The van der Waals surface area contributed by atoms with Gasteiger partial charge in [0.05, 0.1) is 18.4 Å². The number of rotatable bonds is 5. The van der Waals surface area contributed by atoms with E-state index in [-0.39, 0.29) is 5.92 Å². The summed E-state index contributed by atoms with van der Waals surface area (Å²) in [4.78, 5) is 8.56. The van der Waals surface area contributed by atoms with Crippen LogP contribution in [0.3, 0.4) is 0 Å². The van der Waals surface area contributed by atoms with Crippen LogP contribution in [-0.4, -0.2) is 26.7 Å². The fourth-order valence-corrected chi connectivity index (χ4v) is 3.15. The lowest BCUT2D eigenvalue weighted by Gasteiger charge is -2.14. The Morgan fingerprint density at radius 2 is 1.83 bits per heavy atom. The Hall–Kier alpha value is -3.62. The van der Waals surface area contributed by atoms with Gasteiger partial charge in [0.1, 0.15) is 0 Å². The van der Waals surface area contributed by atoms with Crippen LogP contribution >= 0.6 is 0 Å². The Bertz CT molecular complexity index is 1170. The Labute approximate surface area is 170 Å². The van der Waals surface area contributed by atoms with Crippen LogP contribution in [0.15, 0.2) is 60.8 Å². The van der Waals surface area contributed by atoms with Crippen LogP contribution in [0.25, 0.3) is 5.65 Å². The van der Waals surface area contributed by atoms with E-state index in [1.54, 1.807) is 17.8 Å². The van der Waals surface area contributed by atoms with Crippen molar-refractivity contribution in [2.24, 2.45) is 0 Å². The van der Waals surface area contributed by atoms with Gasteiger partial charge in [0, 0.05) is 23.9 Å². The molecule has 0 fully saturated rings. The van der Waals surface area contributed by atoms with Gasteiger partial charge in [0.15, 0.2) is 5.65 Å². The zero-order valence-corrected chi connectivity index (χ0v) is 16.2. The Balaban J connectivity index is 1.63. The van der Waals surface area contributed by atoms with Crippen molar-refractivity contribution in [2.45, 2.75) is 19.0 Å². The number of nitrogens with zero attached hydrogens (tertiary/aromatic N) is 4. The molecule has 0 amide bonds. The summed E-state index contributed by atoms with van der Waals surface area (Å²) >= 11 is 0. The first-order valence-corrected chi connectivity index (χ1v) is 9.15. The van der Waals surface area contributed by atoms with Gasteiger partial charge in [-0.05, 0) is 48.0 Å². The third-order valence-electron chi connectivity index (χ3n) is 4.77. The minimum Gasteiger partial charge on any atom is -0.481 e. The molecule has 30 heavy (non-hydrogen) atoms. The summed E-state index contributed by atoms with van der Waals surface area (Å²) < 4.78 is 45.1. The molecular formula is C21H18F3N5O. The summed E-state index contributed by atoms with van der Waals surface area (Å²) in [5, 5.41) is 7.45. The summed E-state index contributed by atoms with van der Waals surface area (Å²) in [7, 11) is 1.56. The Morgan fingerprint density at radius 3 is 2.53 bits per heavy atom. The summed E-state index contributed by atoms with van der Waals surface area (Å²) in [6.45, 7) is 2.04. The fourth-order valence-electron chi connectivity index (χ4n) is 3.15. The fraction of sp³-hybridized carbons (Fsp3) is 0.190. The highest BCUT2D eigenvalue weighted by molar-refractivity contribution is 5.56. The van der Waals surface area contributed by atoms with E-state index in [2.05, 4.69) is 20.4 Å². The monoisotopic (exact) mass is 413 g/mol. The number of pyridine rings is 2. The second kappa shape index (κ2) is 7.66. The molecule has 1 unspecified atom stereocenters. The molecule has 154 valence electrons. The molecule has 9 heteroatoms. The number of benzene rings is 1.